The summed E-state index contributed by atoms with van der Waals surface area (Å²) in [5, 5.41) is 0.147. The number of nitrogens with one attached hydrogen (secondary N) is 3. The zero-order valence-electron chi connectivity index (χ0n) is 21.4. The van der Waals surface area contributed by atoms with E-state index < -0.39 is 16.9 Å². The van der Waals surface area contributed by atoms with Crippen LogP contribution in [0.3, 0.4) is 0 Å². The Bertz CT molecular complexity index is 1500. The number of halogens is 1. The molecule has 1 fully saturated rings. The van der Waals surface area contributed by atoms with Crippen LogP contribution in [0.1, 0.15) is 55.9 Å². The summed E-state index contributed by atoms with van der Waals surface area (Å²) in [7, 11) is 0. The van der Waals surface area contributed by atoms with Gasteiger partial charge in [-0.2, -0.15) is 0 Å². The maximum atomic E-state index is 13.5. The number of rotatable bonds is 7. The second-order valence-electron chi connectivity index (χ2n) is 9.67. The molecule has 10 heteroatoms. The first-order valence-corrected chi connectivity index (χ1v) is 12.6. The molecule has 9 nitrogen and oxygen atoms in total. The Kier molecular flexibility index (Phi) is 8.17. The molecule has 1 saturated heterocycles. The molecule has 1 amide bonds. The van der Waals surface area contributed by atoms with Crippen LogP contribution in [0.2, 0.25) is 0 Å². The quantitative estimate of drug-likeness (QED) is 0.437. The Morgan fingerprint density at radius 2 is 1.73 bits per heavy atom. The van der Waals surface area contributed by atoms with Gasteiger partial charge in [-0.1, -0.05) is 26.0 Å². The summed E-state index contributed by atoms with van der Waals surface area (Å²) in [5.41, 5.74) is 1.02. The summed E-state index contributed by atoms with van der Waals surface area (Å²) in [5.74, 6) is 0.661. The molecule has 1 aromatic carbocycles. The van der Waals surface area contributed by atoms with E-state index in [9.17, 15) is 18.8 Å². The number of imidazole rings is 1. The first-order chi connectivity index (χ1) is 17.7. The van der Waals surface area contributed by atoms with E-state index in [0.29, 0.717) is 11.3 Å². The second-order valence-corrected chi connectivity index (χ2v) is 9.67. The first-order valence-electron chi connectivity index (χ1n) is 12.6. The number of hydrogen-bond acceptors (Lipinski definition) is 5. The third-order valence-corrected chi connectivity index (χ3v) is 6.52. The lowest BCUT2D eigenvalue weighted by Crippen LogP contribution is -2.48. The van der Waals surface area contributed by atoms with Gasteiger partial charge in [0.05, 0.1) is 5.69 Å². The summed E-state index contributed by atoms with van der Waals surface area (Å²) >= 11 is 0. The predicted octanol–water partition coefficient (Wildman–Crippen LogP) is 0.803. The Hall–Kier alpha value is -3.79. The van der Waals surface area contributed by atoms with E-state index >= 15 is 0 Å². The van der Waals surface area contributed by atoms with Crippen molar-refractivity contribution in [3.05, 3.63) is 84.3 Å². The van der Waals surface area contributed by atoms with Gasteiger partial charge < -0.3 is 19.9 Å². The van der Waals surface area contributed by atoms with Crippen LogP contribution in [-0.4, -0.2) is 68.4 Å². The van der Waals surface area contributed by atoms with Crippen molar-refractivity contribution in [2.24, 2.45) is 0 Å². The van der Waals surface area contributed by atoms with Gasteiger partial charge in [-0.15, -0.1) is 0 Å². The Labute approximate surface area is 213 Å². The number of aryl methyl sites for hydroxylation is 1. The third kappa shape index (κ3) is 6.71. The number of hydrogen-bond donors (Lipinski definition) is 3. The SMILES string of the molecule is CC(=O)N1CCN(CCCc2nc(/C=c3\[nH]c(=O)/c(=C/c4cccc(F)c4)[nH]c3=O)c(C(C)C)[nH]2)CC1. The van der Waals surface area contributed by atoms with Crippen molar-refractivity contribution in [2.45, 2.75) is 39.5 Å². The number of piperazine rings is 1. The fourth-order valence-corrected chi connectivity index (χ4v) is 4.47. The van der Waals surface area contributed by atoms with Crippen LogP contribution in [0.25, 0.3) is 12.2 Å². The van der Waals surface area contributed by atoms with E-state index in [1.165, 1.54) is 24.3 Å². The molecule has 0 radical (unpaired) electrons. The number of carbonyl (C=O) groups is 1. The highest BCUT2D eigenvalue weighted by Crippen LogP contribution is 2.18. The number of carbonyl (C=O) groups excluding carboxylic acids is 1. The van der Waals surface area contributed by atoms with Crippen LogP contribution in [-0.2, 0) is 11.2 Å². The van der Waals surface area contributed by atoms with Crippen LogP contribution >= 0.6 is 0 Å². The van der Waals surface area contributed by atoms with Crippen LogP contribution < -0.4 is 21.8 Å². The standard InChI is InChI=1S/C27H33FN6O3/c1-17(2)25-21(29-24(32-25)8-5-9-33-10-12-34(13-11-33)18(3)35)16-23-27(37)30-22(26(36)31-23)15-19-6-4-7-20(28)14-19/h4,6-7,14-17H,5,8-13H2,1-3H3,(H,29,32)(H,30,37)(H,31,36)/b22-15-,23-16-. The van der Waals surface area contributed by atoms with Crippen molar-refractivity contribution >= 4 is 18.1 Å². The normalized spacial score (nSPS) is 15.6. The smallest absolute Gasteiger partial charge is 0.272 e. The molecule has 3 heterocycles. The molecule has 196 valence electrons. The van der Waals surface area contributed by atoms with Gasteiger partial charge in [0.1, 0.15) is 22.3 Å². The Morgan fingerprint density at radius 3 is 2.35 bits per heavy atom. The number of benzene rings is 1. The minimum absolute atomic E-state index is 0.0451. The van der Waals surface area contributed by atoms with Crippen molar-refractivity contribution in [1.82, 2.24) is 29.7 Å². The Morgan fingerprint density at radius 1 is 1.05 bits per heavy atom. The molecule has 0 atom stereocenters. The monoisotopic (exact) mass is 508 g/mol. The molecule has 3 N–H and O–H groups in total. The van der Waals surface area contributed by atoms with Gasteiger partial charge >= 0.3 is 0 Å². The van der Waals surface area contributed by atoms with E-state index in [-0.39, 0.29) is 22.5 Å². The zero-order valence-corrected chi connectivity index (χ0v) is 21.4. The fourth-order valence-electron chi connectivity index (χ4n) is 4.47. The van der Waals surface area contributed by atoms with Gasteiger partial charge in [-0.3, -0.25) is 19.3 Å². The van der Waals surface area contributed by atoms with E-state index in [4.69, 9.17) is 4.98 Å². The molecular formula is C27H33FN6O3. The molecule has 0 spiro atoms. The molecule has 0 aliphatic carbocycles. The topological polar surface area (TPSA) is 118 Å². The third-order valence-electron chi connectivity index (χ3n) is 6.52. The van der Waals surface area contributed by atoms with Crippen molar-refractivity contribution < 1.29 is 9.18 Å². The van der Waals surface area contributed by atoms with Gasteiger partial charge in [0, 0.05) is 45.2 Å². The highest BCUT2D eigenvalue weighted by atomic mass is 19.1. The van der Waals surface area contributed by atoms with Crippen LogP contribution in [0.4, 0.5) is 4.39 Å². The lowest BCUT2D eigenvalue weighted by atomic mass is 10.1. The van der Waals surface area contributed by atoms with E-state index in [0.717, 1.165) is 57.1 Å². The van der Waals surface area contributed by atoms with Crippen molar-refractivity contribution in [1.29, 1.82) is 0 Å². The van der Waals surface area contributed by atoms with Crippen molar-refractivity contribution in [2.75, 3.05) is 32.7 Å². The average Bonchev–Trinajstić information content (AvgIpc) is 3.25. The van der Waals surface area contributed by atoms with Gasteiger partial charge in [-0.05, 0) is 48.7 Å². The molecule has 4 rings (SSSR count). The molecule has 0 saturated carbocycles. The molecular weight excluding hydrogens is 475 g/mol. The highest BCUT2D eigenvalue weighted by molar-refractivity contribution is 5.73. The fraction of sp³-hybridized carbons (Fsp3) is 0.407. The second kappa shape index (κ2) is 11.5. The van der Waals surface area contributed by atoms with Gasteiger partial charge in [0.25, 0.3) is 11.1 Å². The molecule has 37 heavy (non-hydrogen) atoms. The Balaban J connectivity index is 1.51. The minimum atomic E-state index is -0.484. The average molecular weight is 509 g/mol. The number of aromatic amines is 3. The molecule has 2 aromatic heterocycles. The summed E-state index contributed by atoms with van der Waals surface area (Å²) in [4.78, 5) is 54.4. The van der Waals surface area contributed by atoms with Gasteiger partial charge in [0.2, 0.25) is 5.91 Å². The summed E-state index contributed by atoms with van der Waals surface area (Å²) in [6, 6.07) is 5.77. The predicted molar refractivity (Wildman–Crippen MR) is 140 cm³/mol. The summed E-state index contributed by atoms with van der Waals surface area (Å²) in [6.45, 7) is 9.86. The van der Waals surface area contributed by atoms with Gasteiger partial charge in [0.15, 0.2) is 0 Å². The molecule has 1 aliphatic heterocycles. The maximum absolute atomic E-state index is 13.5. The lowest BCUT2D eigenvalue weighted by molar-refractivity contribution is -0.130. The van der Waals surface area contributed by atoms with Crippen molar-refractivity contribution in [3.8, 4) is 0 Å². The summed E-state index contributed by atoms with van der Waals surface area (Å²) < 4.78 is 13.5. The van der Waals surface area contributed by atoms with Crippen LogP contribution in [0.5, 0.6) is 0 Å². The molecule has 3 aromatic rings. The highest BCUT2D eigenvalue weighted by Gasteiger charge is 2.18. The zero-order chi connectivity index (χ0) is 26.5. The largest absolute Gasteiger partial charge is 0.345 e. The minimum Gasteiger partial charge on any atom is -0.345 e. The first kappa shape index (κ1) is 26.3. The maximum Gasteiger partial charge on any atom is 0.272 e. The van der Waals surface area contributed by atoms with Crippen LogP contribution in [0.15, 0.2) is 33.9 Å². The van der Waals surface area contributed by atoms with E-state index in [1.54, 1.807) is 19.1 Å². The lowest BCUT2D eigenvalue weighted by Gasteiger charge is -2.34. The van der Waals surface area contributed by atoms with Gasteiger partial charge in [-0.25, -0.2) is 9.37 Å². The number of aromatic nitrogens is 4. The number of nitrogens with zero attached hydrogens (tertiary/aromatic N) is 3. The molecule has 0 unspecified atom stereocenters. The van der Waals surface area contributed by atoms with E-state index in [2.05, 4.69) is 19.9 Å². The molecule has 0 bridgehead atoms. The van der Waals surface area contributed by atoms with Crippen LogP contribution in [0, 0.1) is 5.82 Å². The molecule has 1 aliphatic rings. The van der Waals surface area contributed by atoms with Crippen molar-refractivity contribution in [3.63, 3.8) is 0 Å². The summed E-state index contributed by atoms with van der Waals surface area (Å²) in [6.07, 6.45) is 4.67. The number of H-pyrrole nitrogens is 3. The van der Waals surface area contributed by atoms with E-state index in [1.807, 2.05) is 18.7 Å². The number of amides is 1.